The number of carbonyl (C=O) groups is 2. The Hall–Kier alpha value is -1.64. The van der Waals surface area contributed by atoms with Crippen molar-refractivity contribution in [3.8, 4) is 0 Å². The average molecular weight is 299 g/mol. The first-order valence-electron chi connectivity index (χ1n) is 6.53. The maximum atomic E-state index is 11.6. The number of aryl methyl sites for hydroxylation is 1. The van der Waals surface area contributed by atoms with Gasteiger partial charge in [0.1, 0.15) is 0 Å². The molecule has 0 N–H and O–H groups in total. The number of ether oxygens (including phenoxy) is 1. The molecule has 1 aromatic rings. The van der Waals surface area contributed by atoms with Crippen molar-refractivity contribution in [2.45, 2.75) is 32.9 Å². The SMILES string of the molecule is CCCn1nnnc1COC(=O)CCN1CCSC1=O. The van der Waals surface area contributed by atoms with Crippen LogP contribution in [0.5, 0.6) is 0 Å². The highest BCUT2D eigenvalue weighted by molar-refractivity contribution is 8.13. The second-order valence-electron chi connectivity index (χ2n) is 4.33. The molecule has 110 valence electrons. The number of hydrogen-bond acceptors (Lipinski definition) is 7. The predicted molar refractivity (Wildman–Crippen MR) is 71.9 cm³/mol. The Balaban J connectivity index is 1.72. The smallest absolute Gasteiger partial charge is 0.308 e. The zero-order chi connectivity index (χ0) is 14.4. The molecule has 0 spiro atoms. The summed E-state index contributed by atoms with van der Waals surface area (Å²) in [6.45, 7) is 3.88. The van der Waals surface area contributed by atoms with Crippen LogP contribution < -0.4 is 0 Å². The number of esters is 1. The van der Waals surface area contributed by atoms with E-state index in [4.69, 9.17) is 4.74 Å². The number of aromatic nitrogens is 4. The van der Waals surface area contributed by atoms with Crippen molar-refractivity contribution < 1.29 is 14.3 Å². The van der Waals surface area contributed by atoms with E-state index >= 15 is 0 Å². The van der Waals surface area contributed by atoms with Gasteiger partial charge in [0.2, 0.25) is 0 Å². The van der Waals surface area contributed by atoms with Gasteiger partial charge in [0, 0.05) is 25.4 Å². The topological polar surface area (TPSA) is 90.2 Å². The molecule has 1 aliphatic rings. The third kappa shape index (κ3) is 3.92. The predicted octanol–water partition coefficient (Wildman–Crippen LogP) is 0.685. The van der Waals surface area contributed by atoms with E-state index < -0.39 is 0 Å². The highest BCUT2D eigenvalue weighted by Crippen LogP contribution is 2.17. The molecule has 0 aromatic carbocycles. The average Bonchev–Trinajstić information content (AvgIpc) is 3.04. The third-order valence-electron chi connectivity index (χ3n) is 2.83. The maximum Gasteiger partial charge on any atom is 0.308 e. The summed E-state index contributed by atoms with van der Waals surface area (Å²) >= 11 is 1.28. The van der Waals surface area contributed by atoms with E-state index in [0.717, 1.165) is 12.2 Å². The molecule has 1 amide bonds. The summed E-state index contributed by atoms with van der Waals surface area (Å²) in [5.41, 5.74) is 0. The van der Waals surface area contributed by atoms with Gasteiger partial charge in [-0.3, -0.25) is 9.59 Å². The van der Waals surface area contributed by atoms with Gasteiger partial charge in [-0.25, -0.2) is 4.68 Å². The van der Waals surface area contributed by atoms with Crippen LogP contribution in [0.25, 0.3) is 0 Å². The summed E-state index contributed by atoms with van der Waals surface area (Å²) in [7, 11) is 0. The summed E-state index contributed by atoms with van der Waals surface area (Å²) < 4.78 is 6.74. The quantitative estimate of drug-likeness (QED) is 0.684. The zero-order valence-corrected chi connectivity index (χ0v) is 12.1. The minimum atomic E-state index is -0.347. The van der Waals surface area contributed by atoms with Gasteiger partial charge in [-0.1, -0.05) is 18.7 Å². The molecule has 9 heteroatoms. The van der Waals surface area contributed by atoms with Crippen LogP contribution in [0.4, 0.5) is 4.79 Å². The van der Waals surface area contributed by atoms with Crippen molar-refractivity contribution >= 4 is 23.0 Å². The minimum absolute atomic E-state index is 0.0321. The summed E-state index contributed by atoms with van der Waals surface area (Å²) in [5.74, 6) is 0.980. The summed E-state index contributed by atoms with van der Waals surface area (Å²) in [5, 5.41) is 11.2. The Bertz CT molecular complexity index is 478. The zero-order valence-electron chi connectivity index (χ0n) is 11.3. The van der Waals surface area contributed by atoms with Crippen molar-refractivity contribution in [1.29, 1.82) is 0 Å². The highest BCUT2D eigenvalue weighted by Gasteiger charge is 2.21. The molecule has 2 rings (SSSR count). The van der Waals surface area contributed by atoms with Gasteiger partial charge in [-0.2, -0.15) is 0 Å². The van der Waals surface area contributed by atoms with Crippen molar-refractivity contribution in [3.63, 3.8) is 0 Å². The number of amides is 1. The van der Waals surface area contributed by atoms with Gasteiger partial charge in [-0.05, 0) is 16.8 Å². The fraction of sp³-hybridized carbons (Fsp3) is 0.727. The Kier molecular flexibility index (Phi) is 5.33. The standard InChI is InChI=1S/C11H17N5O3S/c1-2-4-16-9(12-13-14-16)8-19-10(17)3-5-15-6-7-20-11(15)18/h2-8H2,1H3. The lowest BCUT2D eigenvalue weighted by Crippen LogP contribution is -2.26. The first-order valence-corrected chi connectivity index (χ1v) is 7.51. The van der Waals surface area contributed by atoms with Crippen molar-refractivity contribution in [1.82, 2.24) is 25.1 Å². The Labute approximate surface area is 120 Å². The largest absolute Gasteiger partial charge is 0.457 e. The molecule has 1 fully saturated rings. The monoisotopic (exact) mass is 299 g/mol. The van der Waals surface area contributed by atoms with E-state index in [1.165, 1.54) is 11.8 Å². The first kappa shape index (κ1) is 14.8. The molecular formula is C11H17N5O3S. The van der Waals surface area contributed by atoms with Gasteiger partial charge in [0.05, 0.1) is 6.42 Å². The Morgan fingerprint density at radius 1 is 1.45 bits per heavy atom. The number of carbonyl (C=O) groups excluding carboxylic acids is 2. The molecule has 8 nitrogen and oxygen atoms in total. The second-order valence-corrected chi connectivity index (χ2v) is 5.38. The lowest BCUT2D eigenvalue weighted by atomic mass is 10.4. The van der Waals surface area contributed by atoms with Gasteiger partial charge < -0.3 is 9.64 Å². The van der Waals surface area contributed by atoms with Crippen LogP contribution in [0.3, 0.4) is 0 Å². The fourth-order valence-corrected chi connectivity index (χ4v) is 2.64. The molecule has 1 aromatic heterocycles. The number of rotatable bonds is 7. The third-order valence-corrected chi connectivity index (χ3v) is 3.73. The summed E-state index contributed by atoms with van der Waals surface area (Å²) in [6.07, 6.45) is 1.10. The van der Waals surface area contributed by atoms with Crippen LogP contribution in [0.2, 0.25) is 0 Å². The number of nitrogens with zero attached hydrogens (tertiary/aromatic N) is 5. The minimum Gasteiger partial charge on any atom is -0.457 e. The molecular weight excluding hydrogens is 282 g/mol. The van der Waals surface area contributed by atoms with E-state index in [9.17, 15) is 9.59 Å². The van der Waals surface area contributed by atoms with E-state index in [0.29, 0.717) is 25.5 Å². The molecule has 0 aliphatic carbocycles. The molecule has 1 saturated heterocycles. The van der Waals surface area contributed by atoms with Crippen LogP contribution in [0.1, 0.15) is 25.6 Å². The van der Waals surface area contributed by atoms with Crippen molar-refractivity contribution in [3.05, 3.63) is 5.82 Å². The molecule has 0 bridgehead atoms. The molecule has 20 heavy (non-hydrogen) atoms. The molecule has 1 aliphatic heterocycles. The summed E-state index contributed by atoms with van der Waals surface area (Å²) in [6, 6.07) is 0. The summed E-state index contributed by atoms with van der Waals surface area (Å²) in [4.78, 5) is 24.6. The van der Waals surface area contributed by atoms with Crippen LogP contribution >= 0.6 is 11.8 Å². The maximum absolute atomic E-state index is 11.6. The second kappa shape index (κ2) is 7.22. The number of hydrogen-bond donors (Lipinski definition) is 0. The molecule has 0 atom stereocenters. The normalized spacial score (nSPS) is 14.8. The molecule has 2 heterocycles. The Morgan fingerprint density at radius 3 is 3.00 bits per heavy atom. The molecule has 0 radical (unpaired) electrons. The van der Waals surface area contributed by atoms with Crippen LogP contribution in [-0.2, 0) is 22.7 Å². The van der Waals surface area contributed by atoms with E-state index in [2.05, 4.69) is 15.5 Å². The van der Waals surface area contributed by atoms with Gasteiger partial charge >= 0.3 is 5.97 Å². The van der Waals surface area contributed by atoms with E-state index in [1.807, 2.05) is 6.92 Å². The van der Waals surface area contributed by atoms with Crippen LogP contribution in [0.15, 0.2) is 0 Å². The lowest BCUT2D eigenvalue weighted by Gasteiger charge is -2.13. The molecule has 0 unspecified atom stereocenters. The van der Waals surface area contributed by atoms with Crippen molar-refractivity contribution in [2.75, 3.05) is 18.8 Å². The van der Waals surface area contributed by atoms with E-state index in [1.54, 1.807) is 9.58 Å². The van der Waals surface area contributed by atoms with Crippen molar-refractivity contribution in [2.24, 2.45) is 0 Å². The first-order chi connectivity index (χ1) is 9.70. The van der Waals surface area contributed by atoms with Gasteiger partial charge in [-0.15, -0.1) is 5.10 Å². The van der Waals surface area contributed by atoms with Gasteiger partial charge in [0.25, 0.3) is 5.24 Å². The van der Waals surface area contributed by atoms with Crippen LogP contribution in [-0.4, -0.2) is 55.2 Å². The van der Waals surface area contributed by atoms with E-state index in [-0.39, 0.29) is 24.2 Å². The number of thioether (sulfide) groups is 1. The molecule has 0 saturated carbocycles. The van der Waals surface area contributed by atoms with Gasteiger partial charge in [0.15, 0.2) is 12.4 Å². The fourth-order valence-electron chi connectivity index (χ4n) is 1.78. The Morgan fingerprint density at radius 2 is 2.30 bits per heavy atom. The highest BCUT2D eigenvalue weighted by atomic mass is 32.2. The number of tetrazole rings is 1. The van der Waals surface area contributed by atoms with Crippen LogP contribution in [0, 0.1) is 0 Å². The lowest BCUT2D eigenvalue weighted by molar-refractivity contribution is -0.145.